The van der Waals surface area contributed by atoms with Crippen LogP contribution in [0.25, 0.3) is 0 Å². The molecule has 6 nitrogen and oxygen atoms in total. The van der Waals surface area contributed by atoms with Gasteiger partial charge in [-0.25, -0.2) is 9.69 Å². The van der Waals surface area contributed by atoms with Crippen molar-refractivity contribution in [3.63, 3.8) is 0 Å². The van der Waals surface area contributed by atoms with E-state index in [2.05, 4.69) is 0 Å². The minimum Gasteiger partial charge on any atom is -0.461 e. The second-order valence-corrected chi connectivity index (χ2v) is 8.55. The first-order chi connectivity index (χ1) is 14.0. The molecule has 0 bridgehead atoms. The lowest BCUT2D eigenvalue weighted by Crippen LogP contribution is -2.98. The largest absolute Gasteiger partial charge is 0.461 e. The number of quaternary nitrogens is 1. The number of anilines is 1. The number of rotatable bonds is 6. The highest BCUT2D eigenvalue weighted by Crippen LogP contribution is 2.47. The van der Waals surface area contributed by atoms with Gasteiger partial charge < -0.3 is 10.1 Å². The predicted octanol–water partition coefficient (Wildman–Crippen LogP) is 2.27. The average molecular weight is 414 g/mol. The molecule has 2 N–H and O–H groups in total. The second kappa shape index (κ2) is 7.72. The molecule has 7 heteroatoms. The van der Waals surface area contributed by atoms with Gasteiger partial charge in [-0.2, -0.15) is 0 Å². The molecule has 2 aliphatic rings. The van der Waals surface area contributed by atoms with E-state index in [-0.39, 0.29) is 24.5 Å². The van der Waals surface area contributed by atoms with E-state index in [4.69, 9.17) is 4.74 Å². The maximum atomic E-state index is 13.6. The fourth-order valence-electron chi connectivity index (χ4n) is 4.91. The lowest BCUT2D eigenvalue weighted by Gasteiger charge is -2.29. The van der Waals surface area contributed by atoms with Gasteiger partial charge in [0.2, 0.25) is 17.4 Å². The SMILES string of the molecule is CCC[C@@]1(C(=O)OCC)[NH2+][C@@H](c2cccs2)[C@H]2C(=O)N(c3ccccc3)C(=O)[C@H]21. The van der Waals surface area contributed by atoms with Crippen molar-refractivity contribution in [3.05, 3.63) is 52.7 Å². The molecule has 2 aromatic rings. The van der Waals surface area contributed by atoms with E-state index in [0.29, 0.717) is 18.5 Å². The number of nitrogens with two attached hydrogens (primary N) is 1. The number of thiophene rings is 1. The first-order valence-corrected chi connectivity index (χ1v) is 10.9. The van der Waals surface area contributed by atoms with E-state index in [0.717, 1.165) is 4.88 Å². The van der Waals surface area contributed by atoms with Crippen LogP contribution in [-0.2, 0) is 19.1 Å². The Bertz CT molecular complexity index is 914. The molecular weight excluding hydrogens is 388 g/mol. The lowest BCUT2D eigenvalue weighted by atomic mass is 9.77. The summed E-state index contributed by atoms with van der Waals surface area (Å²) >= 11 is 1.55. The predicted molar refractivity (Wildman–Crippen MR) is 109 cm³/mol. The van der Waals surface area contributed by atoms with E-state index in [9.17, 15) is 14.4 Å². The normalized spacial score (nSPS) is 28.6. The Morgan fingerprint density at radius 3 is 2.52 bits per heavy atom. The van der Waals surface area contributed by atoms with E-state index in [1.807, 2.05) is 35.8 Å². The Morgan fingerprint density at radius 2 is 1.90 bits per heavy atom. The number of nitrogens with zero attached hydrogens (tertiary/aromatic N) is 1. The average Bonchev–Trinajstić information content (AvgIpc) is 3.41. The van der Waals surface area contributed by atoms with Gasteiger partial charge in [-0.3, -0.25) is 9.59 Å². The molecule has 1 aromatic heterocycles. The molecule has 0 spiro atoms. The third-order valence-corrected chi connectivity index (χ3v) is 6.95. The van der Waals surface area contributed by atoms with E-state index < -0.39 is 23.3 Å². The molecule has 3 heterocycles. The zero-order chi connectivity index (χ0) is 20.6. The number of hydrogen-bond acceptors (Lipinski definition) is 5. The summed E-state index contributed by atoms with van der Waals surface area (Å²) in [6.45, 7) is 3.99. The molecule has 2 amide bonds. The molecule has 1 aromatic carbocycles. The van der Waals surface area contributed by atoms with Crippen molar-refractivity contribution in [1.82, 2.24) is 0 Å². The fraction of sp³-hybridized carbons (Fsp3) is 0.409. The van der Waals surface area contributed by atoms with Gasteiger partial charge in [0.25, 0.3) is 0 Å². The lowest BCUT2D eigenvalue weighted by molar-refractivity contribution is -0.734. The van der Waals surface area contributed by atoms with E-state index >= 15 is 0 Å². The fourth-order valence-corrected chi connectivity index (χ4v) is 5.75. The molecule has 2 aliphatic heterocycles. The smallest absolute Gasteiger partial charge is 0.368 e. The number of imide groups is 1. The van der Waals surface area contributed by atoms with Crippen molar-refractivity contribution in [2.24, 2.45) is 11.8 Å². The van der Waals surface area contributed by atoms with E-state index in [1.54, 1.807) is 42.5 Å². The first kappa shape index (κ1) is 19.8. The van der Waals surface area contributed by atoms with Crippen LogP contribution in [0.5, 0.6) is 0 Å². The zero-order valence-corrected chi connectivity index (χ0v) is 17.4. The molecule has 0 saturated carbocycles. The maximum Gasteiger partial charge on any atom is 0.368 e. The number of carbonyl (C=O) groups excluding carboxylic acids is 3. The van der Waals surface area contributed by atoms with Gasteiger partial charge in [-0.05, 0) is 36.9 Å². The summed E-state index contributed by atoms with van der Waals surface area (Å²) in [5.41, 5.74) is -0.531. The van der Waals surface area contributed by atoms with Crippen LogP contribution in [0.1, 0.15) is 37.6 Å². The molecule has 2 fully saturated rings. The molecule has 152 valence electrons. The maximum absolute atomic E-state index is 13.6. The summed E-state index contributed by atoms with van der Waals surface area (Å²) < 4.78 is 5.43. The second-order valence-electron chi connectivity index (χ2n) is 7.57. The molecule has 0 unspecified atom stereocenters. The quantitative estimate of drug-likeness (QED) is 0.582. The van der Waals surface area contributed by atoms with Crippen molar-refractivity contribution >= 4 is 34.8 Å². The van der Waals surface area contributed by atoms with Crippen molar-refractivity contribution in [1.29, 1.82) is 0 Å². The topological polar surface area (TPSA) is 80.3 Å². The van der Waals surface area contributed by atoms with Crippen molar-refractivity contribution in [2.75, 3.05) is 11.5 Å². The first-order valence-electron chi connectivity index (χ1n) is 10.0. The highest BCUT2D eigenvalue weighted by atomic mass is 32.1. The third kappa shape index (κ3) is 3.00. The van der Waals surface area contributed by atoms with Gasteiger partial charge in [0.05, 0.1) is 17.2 Å². The van der Waals surface area contributed by atoms with Gasteiger partial charge >= 0.3 is 5.97 Å². The molecule has 4 rings (SSSR count). The Hall–Kier alpha value is -2.51. The van der Waals surface area contributed by atoms with Crippen LogP contribution in [0.3, 0.4) is 0 Å². The van der Waals surface area contributed by atoms with Gasteiger partial charge in [0, 0.05) is 6.42 Å². The van der Waals surface area contributed by atoms with Crippen molar-refractivity contribution < 1.29 is 24.4 Å². The number of para-hydroxylation sites is 1. The number of fused-ring (bicyclic) bond motifs is 1. The van der Waals surface area contributed by atoms with Crippen LogP contribution in [0, 0.1) is 11.8 Å². The molecule has 0 radical (unpaired) electrons. The Kier molecular flexibility index (Phi) is 5.27. The van der Waals surface area contributed by atoms with Gasteiger partial charge in [0.1, 0.15) is 17.9 Å². The third-order valence-electron chi connectivity index (χ3n) is 5.98. The number of amides is 2. The van der Waals surface area contributed by atoms with E-state index in [1.165, 1.54) is 4.90 Å². The van der Waals surface area contributed by atoms with Crippen molar-refractivity contribution in [3.8, 4) is 0 Å². The van der Waals surface area contributed by atoms with Gasteiger partial charge in [-0.1, -0.05) is 31.2 Å². The van der Waals surface area contributed by atoms with Crippen LogP contribution in [-0.4, -0.2) is 29.9 Å². The summed E-state index contributed by atoms with van der Waals surface area (Å²) in [5.74, 6) is -2.25. The number of esters is 1. The Labute approximate surface area is 173 Å². The summed E-state index contributed by atoms with van der Waals surface area (Å²) in [6, 6.07) is 12.6. The Balaban J connectivity index is 1.84. The minimum absolute atomic E-state index is 0.233. The monoisotopic (exact) mass is 413 g/mol. The highest BCUT2D eigenvalue weighted by Gasteiger charge is 2.72. The number of ether oxygens (including phenoxy) is 1. The van der Waals surface area contributed by atoms with Crippen LogP contribution in [0.4, 0.5) is 5.69 Å². The zero-order valence-electron chi connectivity index (χ0n) is 16.5. The molecular formula is C22H25N2O4S+. The number of benzene rings is 1. The summed E-state index contributed by atoms with van der Waals surface area (Å²) in [4.78, 5) is 42.6. The van der Waals surface area contributed by atoms with Crippen LogP contribution in [0.2, 0.25) is 0 Å². The summed E-state index contributed by atoms with van der Waals surface area (Å²) in [6.07, 6.45) is 1.19. The molecule has 0 aliphatic carbocycles. The number of hydrogen-bond donors (Lipinski definition) is 1. The summed E-state index contributed by atoms with van der Waals surface area (Å²) in [7, 11) is 0. The number of carbonyl (C=O) groups is 3. The standard InChI is InChI=1S/C22H24N2O4S/c1-3-12-22(21(27)28-4-2)17-16(18(23-22)15-11-8-13-29-15)19(25)24(20(17)26)14-9-6-5-7-10-14/h5-11,13,16-18,23H,3-4,12H2,1-2H3/p+1/t16-,17-,18-,22+/m0/s1. The summed E-state index contributed by atoms with van der Waals surface area (Å²) in [5, 5.41) is 3.90. The van der Waals surface area contributed by atoms with Gasteiger partial charge in [0.15, 0.2) is 0 Å². The van der Waals surface area contributed by atoms with Gasteiger partial charge in [-0.15, -0.1) is 11.3 Å². The minimum atomic E-state index is -1.08. The highest BCUT2D eigenvalue weighted by molar-refractivity contribution is 7.10. The molecule has 29 heavy (non-hydrogen) atoms. The molecule has 2 saturated heterocycles. The van der Waals surface area contributed by atoms with Crippen LogP contribution in [0.15, 0.2) is 47.8 Å². The van der Waals surface area contributed by atoms with Crippen LogP contribution < -0.4 is 10.2 Å². The van der Waals surface area contributed by atoms with Crippen molar-refractivity contribution in [2.45, 2.75) is 38.3 Å². The molecule has 4 atom stereocenters. The van der Waals surface area contributed by atoms with Crippen LogP contribution >= 0.6 is 11.3 Å². The Morgan fingerprint density at radius 1 is 1.14 bits per heavy atom.